The van der Waals surface area contributed by atoms with Crippen molar-refractivity contribution >= 4 is 23.3 Å². The van der Waals surface area contributed by atoms with Crippen molar-refractivity contribution in [3.8, 4) is 11.1 Å². The van der Waals surface area contributed by atoms with Crippen LogP contribution < -0.4 is 22.3 Å². The van der Waals surface area contributed by atoms with Gasteiger partial charge in [0.25, 0.3) is 0 Å². The van der Waals surface area contributed by atoms with Gasteiger partial charge >= 0.3 is 0 Å². The first-order valence-corrected chi connectivity index (χ1v) is 6.42. The number of hydrazine groups is 1. The van der Waals surface area contributed by atoms with Crippen LogP contribution in [0, 0.1) is 0 Å². The average molecular weight is 297 g/mol. The van der Waals surface area contributed by atoms with Crippen molar-refractivity contribution < 1.29 is 0 Å². The van der Waals surface area contributed by atoms with Gasteiger partial charge in [-0.05, 0) is 12.1 Å². The Morgan fingerprint density at radius 1 is 1.05 bits per heavy atom. The lowest BCUT2D eigenvalue weighted by atomic mass is 10.2. The number of hydrogen-bond donors (Lipinski definition) is 3. The summed E-state index contributed by atoms with van der Waals surface area (Å²) in [7, 11) is 1.86. The van der Waals surface area contributed by atoms with Crippen LogP contribution in [-0.4, -0.2) is 24.7 Å². The van der Waals surface area contributed by atoms with E-state index in [4.69, 9.17) is 17.3 Å². The van der Waals surface area contributed by atoms with Gasteiger partial charge in [-0.25, -0.2) is 20.8 Å². The molecule has 0 atom stereocenters. The summed E-state index contributed by atoms with van der Waals surface area (Å²) in [5, 5.41) is 5.39. The van der Waals surface area contributed by atoms with Crippen LogP contribution in [0.25, 0.3) is 11.1 Å². The minimum Gasteiger partial charge on any atom is -0.394 e. The Morgan fingerprint density at radius 2 is 1.86 bits per heavy atom. The molecule has 0 aromatic carbocycles. The minimum atomic E-state index is 0.0895. The number of anilines is 4. The van der Waals surface area contributed by atoms with Crippen LogP contribution in [0.1, 0.15) is 0 Å². The van der Waals surface area contributed by atoms with Crippen LogP contribution in [-0.2, 0) is 7.05 Å². The fourth-order valence-electron chi connectivity index (χ4n) is 1.97. The molecule has 3 rings (SSSR count). The van der Waals surface area contributed by atoms with Crippen molar-refractivity contribution in [3.05, 3.63) is 36.9 Å². The van der Waals surface area contributed by atoms with E-state index in [1.54, 1.807) is 23.1 Å². The Bertz CT molecular complexity index is 794. The van der Waals surface area contributed by atoms with Gasteiger partial charge in [-0.15, -0.1) is 0 Å². The molecule has 0 radical (unpaired) electrons. The van der Waals surface area contributed by atoms with Gasteiger partial charge in [-0.3, -0.25) is 4.68 Å². The largest absolute Gasteiger partial charge is 0.394 e. The Kier molecular flexibility index (Phi) is 3.31. The molecule has 0 amide bonds. The van der Waals surface area contributed by atoms with Gasteiger partial charge in [-0.1, -0.05) is 0 Å². The van der Waals surface area contributed by atoms with Crippen molar-refractivity contribution in [2.75, 3.05) is 16.5 Å². The quantitative estimate of drug-likeness (QED) is 0.468. The molecule has 3 aromatic rings. The number of pyridine rings is 1. The first kappa shape index (κ1) is 13.8. The molecule has 6 N–H and O–H groups in total. The predicted molar refractivity (Wildman–Crippen MR) is 83.6 cm³/mol. The number of nitrogens with two attached hydrogens (primary N) is 3. The van der Waals surface area contributed by atoms with E-state index >= 15 is 0 Å². The van der Waals surface area contributed by atoms with E-state index in [0.29, 0.717) is 17.3 Å². The molecule has 112 valence electrons. The van der Waals surface area contributed by atoms with Gasteiger partial charge in [0.15, 0.2) is 5.82 Å². The molecule has 0 aliphatic carbocycles. The van der Waals surface area contributed by atoms with Gasteiger partial charge in [-0.2, -0.15) is 10.1 Å². The van der Waals surface area contributed by atoms with Gasteiger partial charge < -0.3 is 11.5 Å². The van der Waals surface area contributed by atoms with Crippen LogP contribution in [0.5, 0.6) is 0 Å². The fourth-order valence-corrected chi connectivity index (χ4v) is 1.97. The summed E-state index contributed by atoms with van der Waals surface area (Å²) < 4.78 is 1.73. The second-order valence-corrected chi connectivity index (χ2v) is 4.68. The lowest BCUT2D eigenvalue weighted by molar-refractivity contribution is 0.768. The van der Waals surface area contributed by atoms with E-state index in [1.807, 2.05) is 19.3 Å². The third-order valence-electron chi connectivity index (χ3n) is 3.08. The topological polar surface area (TPSA) is 138 Å². The zero-order chi connectivity index (χ0) is 15.7. The van der Waals surface area contributed by atoms with Crippen molar-refractivity contribution in [2.24, 2.45) is 12.9 Å². The summed E-state index contributed by atoms with van der Waals surface area (Å²) in [4.78, 5) is 12.1. The highest BCUT2D eigenvalue weighted by Crippen LogP contribution is 2.25. The molecular weight excluding hydrogens is 282 g/mol. The minimum absolute atomic E-state index is 0.0895. The summed E-state index contributed by atoms with van der Waals surface area (Å²) in [5.74, 6) is 6.88. The van der Waals surface area contributed by atoms with Crippen LogP contribution in [0.4, 0.5) is 23.3 Å². The fraction of sp³-hybridized carbons (Fsp3) is 0.0769. The number of rotatable bonds is 3. The predicted octanol–water partition coefficient (Wildman–Crippen LogP) is 0.448. The highest BCUT2D eigenvalue weighted by molar-refractivity contribution is 5.70. The lowest BCUT2D eigenvalue weighted by Gasteiger charge is -2.18. The Labute approximate surface area is 126 Å². The first-order chi connectivity index (χ1) is 10.5. The third-order valence-corrected chi connectivity index (χ3v) is 3.08. The highest BCUT2D eigenvalue weighted by atomic mass is 15.5. The molecule has 3 heterocycles. The van der Waals surface area contributed by atoms with Crippen LogP contribution >= 0.6 is 0 Å². The van der Waals surface area contributed by atoms with Gasteiger partial charge in [0, 0.05) is 30.6 Å². The second kappa shape index (κ2) is 5.30. The standard InChI is InChI=1S/C13H15N9/c1-21-7-9(5-19-21)8-2-3-11(17-4-8)22(16)12-10(14)6-18-13(15)20-12/h2-7H,14,16H2,1H3,(H2,15,18,20). The van der Waals surface area contributed by atoms with Crippen molar-refractivity contribution in [3.63, 3.8) is 0 Å². The molecule has 3 aromatic heterocycles. The molecule has 9 heteroatoms. The highest BCUT2D eigenvalue weighted by Gasteiger charge is 2.13. The van der Waals surface area contributed by atoms with Crippen LogP contribution in [0.3, 0.4) is 0 Å². The first-order valence-electron chi connectivity index (χ1n) is 6.42. The van der Waals surface area contributed by atoms with Gasteiger partial charge in [0.05, 0.1) is 18.1 Å². The number of hydrogen-bond acceptors (Lipinski definition) is 8. The van der Waals surface area contributed by atoms with E-state index in [0.717, 1.165) is 11.1 Å². The summed E-state index contributed by atoms with van der Waals surface area (Å²) in [6, 6.07) is 3.65. The summed E-state index contributed by atoms with van der Waals surface area (Å²) in [6.45, 7) is 0. The molecular formula is C13H15N9. The molecule has 9 nitrogen and oxygen atoms in total. The molecule has 0 spiro atoms. The van der Waals surface area contributed by atoms with Crippen LogP contribution in [0.2, 0.25) is 0 Å². The van der Waals surface area contributed by atoms with Crippen molar-refractivity contribution in [2.45, 2.75) is 0 Å². The third kappa shape index (κ3) is 2.52. The SMILES string of the molecule is Cn1cc(-c2ccc(N(N)c3nc(N)ncc3N)nc2)cn1. The summed E-state index contributed by atoms with van der Waals surface area (Å²) in [5.41, 5.74) is 13.6. The summed E-state index contributed by atoms with van der Waals surface area (Å²) >= 11 is 0. The monoisotopic (exact) mass is 297 g/mol. The molecule has 22 heavy (non-hydrogen) atoms. The molecule has 0 bridgehead atoms. The van der Waals surface area contributed by atoms with E-state index in [-0.39, 0.29) is 5.95 Å². The maximum Gasteiger partial charge on any atom is 0.222 e. The normalized spacial score (nSPS) is 10.6. The van der Waals surface area contributed by atoms with E-state index < -0.39 is 0 Å². The maximum atomic E-state index is 6.01. The Balaban J connectivity index is 1.90. The van der Waals surface area contributed by atoms with E-state index in [2.05, 4.69) is 20.1 Å². The Hall–Kier alpha value is -3.20. The van der Waals surface area contributed by atoms with E-state index in [9.17, 15) is 0 Å². The average Bonchev–Trinajstić information content (AvgIpc) is 2.96. The molecule has 0 saturated carbocycles. The second-order valence-electron chi connectivity index (χ2n) is 4.68. The summed E-state index contributed by atoms with van der Waals surface area (Å²) in [6.07, 6.45) is 6.77. The number of nitrogen functional groups attached to an aromatic ring is 2. The van der Waals surface area contributed by atoms with Gasteiger partial charge in [0.1, 0.15) is 5.82 Å². The molecule has 0 saturated heterocycles. The van der Waals surface area contributed by atoms with E-state index in [1.165, 1.54) is 11.2 Å². The number of aromatic nitrogens is 5. The smallest absolute Gasteiger partial charge is 0.222 e. The lowest BCUT2D eigenvalue weighted by Crippen LogP contribution is -2.28. The van der Waals surface area contributed by atoms with Crippen molar-refractivity contribution in [1.82, 2.24) is 24.7 Å². The maximum absolute atomic E-state index is 6.01. The molecule has 0 unspecified atom stereocenters. The molecule has 0 fully saturated rings. The van der Waals surface area contributed by atoms with Crippen LogP contribution in [0.15, 0.2) is 36.9 Å². The zero-order valence-corrected chi connectivity index (χ0v) is 11.9. The molecule has 0 aliphatic heterocycles. The van der Waals surface area contributed by atoms with Gasteiger partial charge in [0.2, 0.25) is 5.95 Å². The number of nitrogens with zero attached hydrogens (tertiary/aromatic N) is 6. The Morgan fingerprint density at radius 3 is 2.50 bits per heavy atom. The van der Waals surface area contributed by atoms with Crippen molar-refractivity contribution in [1.29, 1.82) is 0 Å². The zero-order valence-electron chi connectivity index (χ0n) is 11.9. The molecule has 0 aliphatic rings. The number of aryl methyl sites for hydroxylation is 1.